The molecule has 0 fully saturated rings. The van der Waals surface area contributed by atoms with Gasteiger partial charge in [0.25, 0.3) is 0 Å². The van der Waals surface area contributed by atoms with Crippen LogP contribution in [0.2, 0.25) is 0 Å². The highest BCUT2D eigenvalue weighted by molar-refractivity contribution is 6.32. The summed E-state index contributed by atoms with van der Waals surface area (Å²) in [5, 5.41) is 9.26. The molecule has 0 saturated heterocycles. The van der Waals surface area contributed by atoms with Crippen LogP contribution in [0.4, 0.5) is 0 Å². The molecular weight excluding hydrogens is 219 g/mol. The Bertz CT molecular complexity index is 168. The third-order valence-electron chi connectivity index (χ3n) is 0.818. The molecule has 1 N–H and O–H groups in total. The second kappa shape index (κ2) is 15.3. The summed E-state index contributed by atoms with van der Waals surface area (Å²) in [7, 11) is 0. The van der Waals surface area contributed by atoms with E-state index >= 15 is 0 Å². The van der Waals surface area contributed by atoms with Crippen LogP contribution in [0.25, 0.3) is 0 Å². The van der Waals surface area contributed by atoms with Crippen molar-refractivity contribution < 1.29 is 5.11 Å². The zero-order chi connectivity index (χ0) is 12.1. The molecular formula is C11H22Cl2O. The number of hydrogen-bond acceptors (Lipinski definition) is 1. The van der Waals surface area contributed by atoms with Crippen LogP contribution in [0, 0.1) is 0 Å². The lowest BCUT2D eigenvalue weighted by atomic mass is 10.3. The van der Waals surface area contributed by atoms with Gasteiger partial charge in [-0.1, -0.05) is 44.9 Å². The highest BCUT2D eigenvalue weighted by Gasteiger charge is 1.96. The minimum absolute atomic E-state index is 0.0181. The molecule has 86 valence electrons. The predicted molar refractivity (Wildman–Crippen MR) is 68.4 cm³/mol. The first kappa shape index (κ1) is 19.4. The van der Waals surface area contributed by atoms with Gasteiger partial charge in [0.2, 0.25) is 0 Å². The van der Waals surface area contributed by atoms with Gasteiger partial charge in [0.15, 0.2) is 0 Å². The SMILES string of the molecule is CC.CC.CC(C)=C/C(Cl)=C(/O)CCl. The van der Waals surface area contributed by atoms with Crippen molar-refractivity contribution in [3.05, 3.63) is 22.4 Å². The molecule has 1 nitrogen and oxygen atoms in total. The van der Waals surface area contributed by atoms with Gasteiger partial charge in [-0.2, -0.15) is 0 Å². The number of allylic oxidation sites excluding steroid dienone is 4. The van der Waals surface area contributed by atoms with Gasteiger partial charge in [0.1, 0.15) is 5.76 Å². The maximum absolute atomic E-state index is 8.95. The second-order valence-corrected chi connectivity index (χ2v) is 2.82. The van der Waals surface area contributed by atoms with Crippen LogP contribution in [-0.2, 0) is 0 Å². The van der Waals surface area contributed by atoms with Crippen molar-refractivity contribution in [2.45, 2.75) is 41.5 Å². The van der Waals surface area contributed by atoms with Crippen LogP contribution in [0.1, 0.15) is 41.5 Å². The molecule has 0 aromatic carbocycles. The highest BCUT2D eigenvalue weighted by atomic mass is 35.5. The van der Waals surface area contributed by atoms with Gasteiger partial charge in [0.05, 0.1) is 10.9 Å². The molecule has 0 aliphatic carbocycles. The highest BCUT2D eigenvalue weighted by Crippen LogP contribution is 2.11. The van der Waals surface area contributed by atoms with Crippen LogP contribution >= 0.6 is 23.2 Å². The summed E-state index contributed by atoms with van der Waals surface area (Å²) < 4.78 is 0. The topological polar surface area (TPSA) is 20.2 Å². The van der Waals surface area contributed by atoms with Gasteiger partial charge in [-0.15, -0.1) is 11.6 Å². The summed E-state index contributed by atoms with van der Waals surface area (Å²) in [4.78, 5) is 0. The Morgan fingerprint density at radius 1 is 1.14 bits per heavy atom. The Morgan fingerprint density at radius 2 is 1.50 bits per heavy atom. The molecule has 3 heteroatoms. The number of aliphatic hydroxyl groups is 1. The molecule has 0 atom stereocenters. The van der Waals surface area contributed by atoms with E-state index in [0.717, 1.165) is 5.57 Å². The van der Waals surface area contributed by atoms with Gasteiger partial charge in [0, 0.05) is 0 Å². The lowest BCUT2D eigenvalue weighted by Gasteiger charge is -1.94. The Morgan fingerprint density at radius 3 is 1.71 bits per heavy atom. The third-order valence-corrected chi connectivity index (χ3v) is 1.40. The first-order chi connectivity index (χ1) is 6.57. The fourth-order valence-electron chi connectivity index (χ4n) is 0.401. The predicted octanol–water partition coefficient (Wildman–Crippen LogP) is 5.25. The lowest BCUT2D eigenvalue weighted by molar-refractivity contribution is 0.414. The standard InChI is InChI=1S/C7H10Cl2O.2C2H6/c1-5(2)3-6(9)7(10)4-8;2*1-2/h3,10H,4H2,1-2H3;2*1-2H3/b7-6-;;. The minimum Gasteiger partial charge on any atom is -0.509 e. The van der Waals surface area contributed by atoms with E-state index in [4.69, 9.17) is 28.3 Å². The summed E-state index contributed by atoms with van der Waals surface area (Å²) in [6, 6.07) is 0. The van der Waals surface area contributed by atoms with Crippen molar-refractivity contribution in [3.8, 4) is 0 Å². The van der Waals surface area contributed by atoms with Crippen molar-refractivity contribution in [1.29, 1.82) is 0 Å². The summed E-state index contributed by atoms with van der Waals surface area (Å²) in [6.07, 6.45) is 1.67. The number of aliphatic hydroxyl groups excluding tert-OH is 1. The molecule has 0 saturated carbocycles. The van der Waals surface area contributed by atoms with Crippen LogP contribution in [0.15, 0.2) is 22.4 Å². The van der Waals surface area contributed by atoms with Crippen molar-refractivity contribution >= 4 is 23.2 Å². The number of rotatable bonds is 2. The normalized spacial score (nSPS) is 9.71. The van der Waals surface area contributed by atoms with Gasteiger partial charge in [-0.3, -0.25) is 0 Å². The maximum atomic E-state index is 8.95. The van der Waals surface area contributed by atoms with Crippen molar-refractivity contribution in [3.63, 3.8) is 0 Å². The quantitative estimate of drug-likeness (QED) is 0.397. The average molecular weight is 241 g/mol. The Kier molecular flexibility index (Phi) is 21.3. The molecule has 0 aliphatic heterocycles. The van der Waals surface area contributed by atoms with Crippen LogP contribution in [0.3, 0.4) is 0 Å². The van der Waals surface area contributed by atoms with E-state index in [1.165, 1.54) is 0 Å². The molecule has 0 heterocycles. The van der Waals surface area contributed by atoms with E-state index in [2.05, 4.69) is 0 Å². The van der Waals surface area contributed by atoms with Crippen LogP contribution in [-0.4, -0.2) is 11.0 Å². The first-order valence-electron chi connectivity index (χ1n) is 4.86. The second-order valence-electron chi connectivity index (χ2n) is 2.15. The van der Waals surface area contributed by atoms with Gasteiger partial charge in [-0.25, -0.2) is 0 Å². The lowest BCUT2D eigenvalue weighted by Crippen LogP contribution is -1.84. The summed E-state index contributed by atoms with van der Waals surface area (Å²) in [6.45, 7) is 11.8. The molecule has 0 aromatic rings. The molecule has 14 heavy (non-hydrogen) atoms. The maximum Gasteiger partial charge on any atom is 0.126 e. The number of alkyl halides is 1. The first-order valence-corrected chi connectivity index (χ1v) is 5.77. The molecule has 0 amide bonds. The van der Waals surface area contributed by atoms with Crippen LogP contribution in [0.5, 0.6) is 0 Å². The Balaban J connectivity index is -0.000000266. The third kappa shape index (κ3) is 14.4. The zero-order valence-electron chi connectivity index (χ0n) is 9.99. The fraction of sp³-hybridized carbons (Fsp3) is 0.636. The molecule has 0 unspecified atom stereocenters. The number of hydrogen-bond donors (Lipinski definition) is 1. The summed E-state index contributed by atoms with van der Waals surface area (Å²) in [5.74, 6) is 0.0762. The average Bonchev–Trinajstić information content (AvgIpc) is 2.21. The molecule has 0 aromatic heterocycles. The van der Waals surface area contributed by atoms with Crippen LogP contribution < -0.4 is 0 Å². The van der Waals surface area contributed by atoms with E-state index < -0.39 is 0 Å². The largest absolute Gasteiger partial charge is 0.509 e. The Hall–Kier alpha value is -0.140. The minimum atomic E-state index is 0.0181. The molecule has 0 bridgehead atoms. The van der Waals surface area contributed by atoms with E-state index in [9.17, 15) is 0 Å². The number of halogens is 2. The van der Waals surface area contributed by atoms with E-state index in [0.29, 0.717) is 5.03 Å². The smallest absolute Gasteiger partial charge is 0.126 e. The summed E-state index contributed by atoms with van der Waals surface area (Å²) in [5.41, 5.74) is 1.03. The van der Waals surface area contributed by atoms with E-state index in [1.807, 2.05) is 41.5 Å². The van der Waals surface area contributed by atoms with E-state index in [-0.39, 0.29) is 11.6 Å². The molecule has 0 rings (SSSR count). The van der Waals surface area contributed by atoms with Gasteiger partial charge < -0.3 is 5.11 Å². The molecule has 0 radical (unpaired) electrons. The molecule has 0 spiro atoms. The zero-order valence-corrected chi connectivity index (χ0v) is 11.5. The van der Waals surface area contributed by atoms with Crippen molar-refractivity contribution in [2.75, 3.05) is 5.88 Å². The summed E-state index contributed by atoms with van der Waals surface area (Å²) >= 11 is 10.9. The Labute approximate surface area is 98.4 Å². The van der Waals surface area contributed by atoms with Crippen molar-refractivity contribution in [2.24, 2.45) is 0 Å². The van der Waals surface area contributed by atoms with Gasteiger partial charge >= 0.3 is 0 Å². The monoisotopic (exact) mass is 240 g/mol. The van der Waals surface area contributed by atoms with Gasteiger partial charge in [-0.05, 0) is 19.9 Å². The molecule has 0 aliphatic rings. The van der Waals surface area contributed by atoms with Crippen molar-refractivity contribution in [1.82, 2.24) is 0 Å². The van der Waals surface area contributed by atoms with E-state index in [1.54, 1.807) is 6.08 Å². The fourth-order valence-corrected chi connectivity index (χ4v) is 0.898.